The summed E-state index contributed by atoms with van der Waals surface area (Å²) in [6, 6.07) is 0. The lowest BCUT2D eigenvalue weighted by Gasteiger charge is -2.60. The molecule has 0 bridgehead atoms. The molecule has 1 unspecified atom stereocenters. The van der Waals surface area contributed by atoms with Crippen molar-refractivity contribution in [1.82, 2.24) is 0 Å². The summed E-state index contributed by atoms with van der Waals surface area (Å²) in [7, 11) is 0. The van der Waals surface area contributed by atoms with Crippen molar-refractivity contribution in [2.45, 2.75) is 84.2 Å². The minimum Gasteiger partial charge on any atom is -0.289 e. The quantitative estimate of drug-likeness (QED) is 0.549. The Bertz CT molecular complexity index is 556. The largest absolute Gasteiger partial charge is 0.450 e. The minimum absolute atomic E-state index is 0.322. The second kappa shape index (κ2) is 5.73. The zero-order valence-electron chi connectivity index (χ0n) is 15.5. The Hall–Kier alpha value is -0.540. The molecule has 0 N–H and O–H groups in total. The molecule has 0 spiro atoms. The van der Waals surface area contributed by atoms with Crippen molar-refractivity contribution < 1.29 is 18.0 Å². The fourth-order valence-corrected chi connectivity index (χ4v) is 7.92. The van der Waals surface area contributed by atoms with E-state index in [0.29, 0.717) is 29.6 Å². The molecule has 4 heteroatoms. The zero-order valence-corrected chi connectivity index (χ0v) is 15.5. The maximum atomic E-state index is 13.1. The molecule has 0 aromatic heterocycles. The molecule has 25 heavy (non-hydrogen) atoms. The van der Waals surface area contributed by atoms with Crippen LogP contribution in [-0.4, -0.2) is 12.0 Å². The van der Waals surface area contributed by atoms with Gasteiger partial charge < -0.3 is 0 Å². The molecule has 4 rings (SSSR count). The van der Waals surface area contributed by atoms with Gasteiger partial charge in [-0.2, -0.15) is 13.2 Å². The Kier molecular flexibility index (Phi) is 4.09. The summed E-state index contributed by atoms with van der Waals surface area (Å²) < 4.78 is 39.3. The molecule has 4 fully saturated rings. The summed E-state index contributed by atoms with van der Waals surface area (Å²) in [6.45, 7) is 4.48. The molecule has 0 heterocycles. The molecule has 0 aromatic rings. The number of hydrogen-bond donors (Lipinski definition) is 0. The number of rotatable bonds is 1. The third kappa shape index (κ3) is 2.52. The molecular weight excluding hydrogens is 325 g/mol. The summed E-state index contributed by atoms with van der Waals surface area (Å²) in [5.74, 6) is 0.112. The van der Waals surface area contributed by atoms with Crippen LogP contribution in [0.1, 0.15) is 78.1 Å². The number of carbonyl (C=O) groups is 1. The summed E-state index contributed by atoms with van der Waals surface area (Å²) in [5, 5.41) is 0. The first-order valence-electron chi connectivity index (χ1n) is 10.3. The summed E-state index contributed by atoms with van der Waals surface area (Å²) in [5.41, 5.74) is -0.0275. The molecule has 0 saturated heterocycles. The molecule has 0 amide bonds. The first-order chi connectivity index (χ1) is 11.7. The highest BCUT2D eigenvalue weighted by Gasteiger charge is 2.63. The normalized spacial score (nSPS) is 49.9. The van der Waals surface area contributed by atoms with Crippen LogP contribution in [0.15, 0.2) is 0 Å². The number of halogens is 3. The molecular formula is C21H31F3O. The van der Waals surface area contributed by atoms with Crippen molar-refractivity contribution >= 4 is 5.78 Å². The van der Waals surface area contributed by atoms with Gasteiger partial charge in [-0.05, 0) is 85.9 Å². The van der Waals surface area contributed by atoms with Crippen LogP contribution in [0.3, 0.4) is 0 Å². The number of fused-ring (bicyclic) bond motifs is 5. The Labute approximate surface area is 149 Å². The highest BCUT2D eigenvalue weighted by molar-refractivity contribution is 5.87. The van der Waals surface area contributed by atoms with E-state index in [4.69, 9.17) is 0 Å². The van der Waals surface area contributed by atoms with Gasteiger partial charge >= 0.3 is 6.18 Å². The average molecular weight is 356 g/mol. The van der Waals surface area contributed by atoms with Crippen LogP contribution < -0.4 is 0 Å². The Morgan fingerprint density at radius 3 is 2.28 bits per heavy atom. The van der Waals surface area contributed by atoms with Crippen LogP contribution in [0.25, 0.3) is 0 Å². The van der Waals surface area contributed by atoms with Gasteiger partial charge in [0.25, 0.3) is 0 Å². The maximum Gasteiger partial charge on any atom is 0.450 e. The van der Waals surface area contributed by atoms with Crippen LogP contribution in [0.2, 0.25) is 0 Å². The van der Waals surface area contributed by atoms with Gasteiger partial charge in [-0.1, -0.05) is 26.7 Å². The SMILES string of the molecule is C[C@]12CC[C@H]3[C@@H](CCC4CCCC[C@@]43C)[C@@H]1CC[C@@H]2C(=O)C(F)(F)F. The summed E-state index contributed by atoms with van der Waals surface area (Å²) in [4.78, 5) is 12.1. The molecule has 0 aliphatic heterocycles. The van der Waals surface area contributed by atoms with Gasteiger partial charge in [-0.15, -0.1) is 0 Å². The van der Waals surface area contributed by atoms with Crippen molar-refractivity contribution in [2.24, 2.45) is 40.4 Å². The highest BCUT2D eigenvalue weighted by Crippen LogP contribution is 2.67. The van der Waals surface area contributed by atoms with E-state index >= 15 is 0 Å². The second-order valence-electron chi connectivity index (χ2n) is 9.94. The Morgan fingerprint density at radius 2 is 1.56 bits per heavy atom. The molecule has 4 aliphatic carbocycles. The van der Waals surface area contributed by atoms with E-state index in [1.807, 2.05) is 6.92 Å². The van der Waals surface area contributed by atoms with Gasteiger partial charge in [0.15, 0.2) is 0 Å². The number of Topliss-reactive ketones (excluding diaryl/α,β-unsaturated/α-hetero) is 1. The van der Waals surface area contributed by atoms with Crippen molar-refractivity contribution in [3.8, 4) is 0 Å². The van der Waals surface area contributed by atoms with Gasteiger partial charge in [0.1, 0.15) is 0 Å². The smallest absolute Gasteiger partial charge is 0.289 e. The fourth-order valence-electron chi connectivity index (χ4n) is 7.92. The van der Waals surface area contributed by atoms with Crippen LogP contribution in [0, 0.1) is 40.4 Å². The van der Waals surface area contributed by atoms with E-state index in [1.165, 1.54) is 38.5 Å². The Balaban J connectivity index is 1.61. The van der Waals surface area contributed by atoms with E-state index in [9.17, 15) is 18.0 Å². The van der Waals surface area contributed by atoms with Gasteiger partial charge in [-0.25, -0.2) is 0 Å². The first kappa shape index (κ1) is 17.9. The van der Waals surface area contributed by atoms with Crippen LogP contribution in [0.4, 0.5) is 13.2 Å². The molecule has 0 radical (unpaired) electrons. The number of carbonyl (C=O) groups excluding carboxylic acids is 1. The molecule has 7 atom stereocenters. The molecule has 0 aromatic carbocycles. The highest BCUT2D eigenvalue weighted by atomic mass is 19.4. The standard InChI is InChI=1S/C21H31F3O/c1-19-11-4-3-5-13(19)6-7-14-15-8-9-17(18(25)21(22,23)24)20(15,2)12-10-16(14)19/h13-17H,3-12H2,1-2H3/t13?,14-,15-,16-,17+,19-,20-/m0/s1. The molecule has 4 saturated carbocycles. The van der Waals surface area contributed by atoms with E-state index in [1.54, 1.807) is 0 Å². The predicted molar refractivity (Wildman–Crippen MR) is 90.9 cm³/mol. The third-order valence-electron chi connectivity index (χ3n) is 9.18. The number of alkyl halides is 3. The number of ketones is 1. The van der Waals surface area contributed by atoms with E-state index in [0.717, 1.165) is 25.2 Å². The lowest BCUT2D eigenvalue weighted by atomic mass is 9.45. The fraction of sp³-hybridized carbons (Fsp3) is 0.952. The second-order valence-corrected chi connectivity index (χ2v) is 9.94. The monoisotopic (exact) mass is 356 g/mol. The minimum atomic E-state index is -4.67. The van der Waals surface area contributed by atoms with Crippen molar-refractivity contribution in [1.29, 1.82) is 0 Å². The van der Waals surface area contributed by atoms with Gasteiger partial charge in [-0.3, -0.25) is 4.79 Å². The lowest BCUT2D eigenvalue weighted by Crippen LogP contribution is -2.53. The average Bonchev–Trinajstić information content (AvgIpc) is 2.89. The van der Waals surface area contributed by atoms with Gasteiger partial charge in [0.05, 0.1) is 0 Å². The molecule has 142 valence electrons. The van der Waals surface area contributed by atoms with Gasteiger partial charge in [0, 0.05) is 5.92 Å². The molecule has 4 aliphatic rings. The predicted octanol–water partition coefficient (Wildman–Crippen LogP) is 6.17. The van der Waals surface area contributed by atoms with E-state index in [2.05, 4.69) is 6.92 Å². The maximum absolute atomic E-state index is 13.1. The summed E-state index contributed by atoms with van der Waals surface area (Å²) in [6.07, 6.45) is 6.18. The zero-order chi connectivity index (χ0) is 18.0. The topological polar surface area (TPSA) is 17.1 Å². The lowest BCUT2D eigenvalue weighted by molar-refractivity contribution is -0.182. The van der Waals surface area contributed by atoms with Crippen LogP contribution >= 0.6 is 0 Å². The molecule has 1 nitrogen and oxygen atoms in total. The van der Waals surface area contributed by atoms with Crippen LogP contribution in [0.5, 0.6) is 0 Å². The van der Waals surface area contributed by atoms with Crippen molar-refractivity contribution in [3.05, 3.63) is 0 Å². The van der Waals surface area contributed by atoms with Crippen molar-refractivity contribution in [2.75, 3.05) is 0 Å². The third-order valence-corrected chi connectivity index (χ3v) is 9.18. The van der Waals surface area contributed by atoms with Crippen molar-refractivity contribution in [3.63, 3.8) is 0 Å². The van der Waals surface area contributed by atoms with Gasteiger partial charge in [0.2, 0.25) is 5.78 Å². The number of hydrogen-bond acceptors (Lipinski definition) is 1. The first-order valence-corrected chi connectivity index (χ1v) is 10.3. The van der Waals surface area contributed by atoms with Crippen LogP contribution in [-0.2, 0) is 4.79 Å². The van der Waals surface area contributed by atoms with E-state index in [-0.39, 0.29) is 0 Å². The Morgan fingerprint density at radius 1 is 0.840 bits per heavy atom. The summed E-state index contributed by atoms with van der Waals surface area (Å²) >= 11 is 0. The van der Waals surface area contributed by atoms with E-state index < -0.39 is 23.3 Å².